The molecular weight excluding hydrogens is 232 g/mol. The van der Waals surface area contributed by atoms with Gasteiger partial charge < -0.3 is 10.2 Å². The van der Waals surface area contributed by atoms with Crippen molar-refractivity contribution >= 4 is 17.7 Å². The molecule has 0 radical (unpaired) electrons. The Balaban J connectivity index is 2.14. The van der Waals surface area contributed by atoms with E-state index in [0.29, 0.717) is 16.9 Å². The molecule has 3 nitrogen and oxygen atoms in total. The maximum absolute atomic E-state index is 11.9. The summed E-state index contributed by atoms with van der Waals surface area (Å²) in [5.41, 5.74) is 0. The van der Waals surface area contributed by atoms with Gasteiger partial charge in [0.25, 0.3) is 0 Å². The summed E-state index contributed by atoms with van der Waals surface area (Å²) < 4.78 is 0. The first-order chi connectivity index (χ1) is 8.09. The molecule has 0 atom stereocenters. The highest BCUT2D eigenvalue weighted by Gasteiger charge is 2.16. The van der Waals surface area contributed by atoms with Crippen LogP contribution in [0.1, 0.15) is 33.1 Å². The number of amides is 1. The van der Waals surface area contributed by atoms with E-state index in [9.17, 15) is 4.79 Å². The number of thioether (sulfide) groups is 1. The summed E-state index contributed by atoms with van der Waals surface area (Å²) in [6, 6.07) is 0. The van der Waals surface area contributed by atoms with E-state index in [1.165, 1.54) is 12.8 Å². The fraction of sp³-hybridized carbons (Fsp3) is 0.923. The van der Waals surface area contributed by atoms with E-state index in [1.54, 1.807) is 0 Å². The zero-order chi connectivity index (χ0) is 12.7. The second-order valence-electron chi connectivity index (χ2n) is 5.26. The van der Waals surface area contributed by atoms with Gasteiger partial charge in [-0.25, -0.2) is 0 Å². The Morgan fingerprint density at radius 1 is 1.41 bits per heavy atom. The van der Waals surface area contributed by atoms with Crippen molar-refractivity contribution in [1.82, 2.24) is 10.2 Å². The van der Waals surface area contributed by atoms with Gasteiger partial charge in [0.15, 0.2) is 0 Å². The number of rotatable bonds is 6. The number of carbonyl (C=O) groups excluding carboxylic acids is 1. The average molecular weight is 258 g/mol. The number of piperidine rings is 1. The van der Waals surface area contributed by atoms with Crippen molar-refractivity contribution in [3.63, 3.8) is 0 Å². The summed E-state index contributed by atoms with van der Waals surface area (Å²) in [5.74, 6) is 1.61. The maximum Gasteiger partial charge on any atom is 0.232 e. The number of hydrogen-bond acceptors (Lipinski definition) is 3. The lowest BCUT2D eigenvalue weighted by atomic mass is 10.1. The standard InChI is InChI=1S/C13H26N2OS/c1-11(2)6-9-15(3)13(16)10-17-12-4-7-14-8-5-12/h11-12,14H,4-10H2,1-3H3. The Labute approximate surface area is 110 Å². The fourth-order valence-electron chi connectivity index (χ4n) is 1.84. The van der Waals surface area contributed by atoms with Crippen LogP contribution in [0.4, 0.5) is 0 Å². The van der Waals surface area contributed by atoms with Crippen LogP contribution in [-0.2, 0) is 4.79 Å². The second kappa shape index (κ2) is 7.98. The van der Waals surface area contributed by atoms with Crippen molar-refractivity contribution in [1.29, 1.82) is 0 Å². The summed E-state index contributed by atoms with van der Waals surface area (Å²) in [6.45, 7) is 7.50. The molecule has 100 valence electrons. The van der Waals surface area contributed by atoms with Crippen LogP contribution >= 0.6 is 11.8 Å². The lowest BCUT2D eigenvalue weighted by Gasteiger charge is -2.23. The zero-order valence-electron chi connectivity index (χ0n) is 11.4. The molecule has 1 heterocycles. The van der Waals surface area contributed by atoms with Gasteiger partial charge in [-0.3, -0.25) is 4.79 Å². The van der Waals surface area contributed by atoms with Crippen LogP contribution in [0.3, 0.4) is 0 Å². The summed E-state index contributed by atoms with van der Waals surface area (Å²) in [5, 5.41) is 4.03. The molecule has 1 N–H and O–H groups in total. The Morgan fingerprint density at radius 3 is 2.65 bits per heavy atom. The number of hydrogen-bond donors (Lipinski definition) is 1. The minimum atomic E-state index is 0.286. The Bertz CT molecular complexity index is 227. The minimum absolute atomic E-state index is 0.286. The van der Waals surface area contributed by atoms with Gasteiger partial charge in [0.05, 0.1) is 5.75 Å². The SMILES string of the molecule is CC(C)CCN(C)C(=O)CSC1CCNCC1. The Morgan fingerprint density at radius 2 is 2.06 bits per heavy atom. The number of carbonyl (C=O) groups is 1. The molecule has 1 saturated heterocycles. The first-order valence-corrected chi connectivity index (χ1v) is 7.70. The molecule has 4 heteroatoms. The van der Waals surface area contributed by atoms with E-state index >= 15 is 0 Å². The topological polar surface area (TPSA) is 32.3 Å². The lowest BCUT2D eigenvalue weighted by Crippen LogP contribution is -2.33. The molecule has 1 fully saturated rings. The van der Waals surface area contributed by atoms with E-state index in [0.717, 1.165) is 26.1 Å². The van der Waals surface area contributed by atoms with Crippen molar-refractivity contribution in [2.75, 3.05) is 32.4 Å². The summed E-state index contributed by atoms with van der Waals surface area (Å²) in [7, 11) is 1.92. The average Bonchev–Trinajstić information content (AvgIpc) is 2.34. The zero-order valence-corrected chi connectivity index (χ0v) is 12.2. The predicted octanol–water partition coefficient (Wildman–Crippen LogP) is 1.98. The fourth-order valence-corrected chi connectivity index (χ4v) is 3.01. The molecule has 1 rings (SSSR count). The highest BCUT2D eigenvalue weighted by molar-refractivity contribution is 8.00. The third-order valence-electron chi connectivity index (χ3n) is 3.20. The third kappa shape index (κ3) is 6.32. The van der Waals surface area contributed by atoms with E-state index in [1.807, 2.05) is 23.7 Å². The molecular formula is C13H26N2OS. The molecule has 1 aliphatic rings. The van der Waals surface area contributed by atoms with E-state index in [2.05, 4.69) is 19.2 Å². The van der Waals surface area contributed by atoms with E-state index in [-0.39, 0.29) is 5.91 Å². The number of nitrogens with one attached hydrogen (secondary N) is 1. The molecule has 0 aliphatic carbocycles. The molecule has 0 aromatic carbocycles. The maximum atomic E-state index is 11.9. The van der Waals surface area contributed by atoms with Crippen molar-refractivity contribution in [2.24, 2.45) is 5.92 Å². The Kier molecular flexibility index (Phi) is 6.97. The summed E-state index contributed by atoms with van der Waals surface area (Å²) in [4.78, 5) is 13.8. The molecule has 0 aromatic rings. The lowest BCUT2D eigenvalue weighted by molar-refractivity contribution is -0.127. The monoisotopic (exact) mass is 258 g/mol. The molecule has 1 amide bonds. The predicted molar refractivity (Wildman–Crippen MR) is 75.4 cm³/mol. The van der Waals surface area contributed by atoms with Crippen LogP contribution in [0.2, 0.25) is 0 Å². The summed E-state index contributed by atoms with van der Waals surface area (Å²) >= 11 is 1.84. The molecule has 1 aliphatic heterocycles. The van der Waals surface area contributed by atoms with Crippen LogP contribution in [-0.4, -0.2) is 48.5 Å². The highest BCUT2D eigenvalue weighted by Crippen LogP contribution is 2.20. The van der Waals surface area contributed by atoms with Crippen LogP contribution in [0.5, 0.6) is 0 Å². The van der Waals surface area contributed by atoms with Gasteiger partial charge in [0.1, 0.15) is 0 Å². The second-order valence-corrected chi connectivity index (χ2v) is 6.55. The highest BCUT2D eigenvalue weighted by atomic mass is 32.2. The first-order valence-electron chi connectivity index (χ1n) is 6.66. The largest absolute Gasteiger partial charge is 0.345 e. The molecule has 0 saturated carbocycles. The quantitative estimate of drug-likeness (QED) is 0.790. The molecule has 17 heavy (non-hydrogen) atoms. The molecule has 0 unspecified atom stereocenters. The van der Waals surface area contributed by atoms with Crippen LogP contribution in [0, 0.1) is 5.92 Å². The van der Waals surface area contributed by atoms with Crippen LogP contribution < -0.4 is 5.32 Å². The van der Waals surface area contributed by atoms with Crippen molar-refractivity contribution in [2.45, 2.75) is 38.4 Å². The van der Waals surface area contributed by atoms with Gasteiger partial charge >= 0.3 is 0 Å². The van der Waals surface area contributed by atoms with Gasteiger partial charge in [0, 0.05) is 18.8 Å². The minimum Gasteiger partial charge on any atom is -0.345 e. The van der Waals surface area contributed by atoms with Gasteiger partial charge in [-0.2, -0.15) is 0 Å². The van der Waals surface area contributed by atoms with E-state index in [4.69, 9.17) is 0 Å². The van der Waals surface area contributed by atoms with Crippen molar-refractivity contribution in [3.05, 3.63) is 0 Å². The smallest absolute Gasteiger partial charge is 0.232 e. The van der Waals surface area contributed by atoms with E-state index < -0.39 is 0 Å². The van der Waals surface area contributed by atoms with Crippen LogP contribution in [0.15, 0.2) is 0 Å². The summed E-state index contributed by atoms with van der Waals surface area (Å²) in [6.07, 6.45) is 3.50. The Hall–Kier alpha value is -0.220. The van der Waals surface area contributed by atoms with Crippen molar-refractivity contribution < 1.29 is 4.79 Å². The normalized spacial score (nSPS) is 17.4. The van der Waals surface area contributed by atoms with Gasteiger partial charge in [-0.15, -0.1) is 11.8 Å². The van der Waals surface area contributed by atoms with Crippen molar-refractivity contribution in [3.8, 4) is 0 Å². The third-order valence-corrected chi connectivity index (χ3v) is 4.55. The molecule has 0 aromatic heterocycles. The first kappa shape index (κ1) is 14.8. The van der Waals surface area contributed by atoms with Gasteiger partial charge in [-0.1, -0.05) is 13.8 Å². The van der Waals surface area contributed by atoms with Gasteiger partial charge in [0.2, 0.25) is 5.91 Å². The molecule has 0 spiro atoms. The number of nitrogens with zero attached hydrogens (tertiary/aromatic N) is 1. The van der Waals surface area contributed by atoms with Crippen LogP contribution in [0.25, 0.3) is 0 Å². The van der Waals surface area contributed by atoms with Gasteiger partial charge in [-0.05, 0) is 38.3 Å². The molecule has 0 bridgehead atoms.